The van der Waals surface area contributed by atoms with Crippen molar-refractivity contribution in [1.29, 1.82) is 0 Å². The summed E-state index contributed by atoms with van der Waals surface area (Å²) in [5.41, 5.74) is 1.85. The molecule has 1 N–H and O–H groups in total. The number of hydrogen-bond donors (Lipinski definition) is 1. The fourth-order valence-corrected chi connectivity index (χ4v) is 3.74. The standard InChI is InChI=1S/C22H21F2N3O3/c1-29-19-8-6-15(13-20(19)30-2)25-22(28)27-11-10-26-9-3-4-18(26)21(27)14-5-7-16(23)17(24)12-14/h3-9,12-13,21H,10-11H2,1-2H3,(H,25,28). The van der Waals surface area contributed by atoms with Crippen LogP contribution in [0.25, 0.3) is 0 Å². The lowest BCUT2D eigenvalue weighted by Gasteiger charge is -2.37. The van der Waals surface area contributed by atoms with Crippen LogP contribution in [0.5, 0.6) is 11.5 Å². The van der Waals surface area contributed by atoms with Crippen molar-refractivity contribution in [3.8, 4) is 11.5 Å². The third-order valence-corrected chi connectivity index (χ3v) is 5.19. The van der Waals surface area contributed by atoms with Crippen LogP contribution in [0.3, 0.4) is 0 Å². The van der Waals surface area contributed by atoms with E-state index >= 15 is 0 Å². The molecule has 4 rings (SSSR count). The molecule has 1 aliphatic rings. The van der Waals surface area contributed by atoms with Gasteiger partial charge in [0, 0.05) is 36.7 Å². The summed E-state index contributed by atoms with van der Waals surface area (Å²) in [6.45, 7) is 1.01. The molecule has 0 bridgehead atoms. The van der Waals surface area contributed by atoms with Gasteiger partial charge in [-0.3, -0.25) is 0 Å². The number of urea groups is 1. The predicted octanol–water partition coefficient (Wildman–Crippen LogP) is 4.42. The maximum atomic E-state index is 13.9. The predicted molar refractivity (Wildman–Crippen MR) is 108 cm³/mol. The molecule has 0 aliphatic carbocycles. The highest BCUT2D eigenvalue weighted by Gasteiger charge is 2.32. The number of nitrogens with zero attached hydrogens (tertiary/aromatic N) is 2. The van der Waals surface area contributed by atoms with Crippen LogP contribution in [0.1, 0.15) is 17.3 Å². The van der Waals surface area contributed by atoms with Gasteiger partial charge in [-0.1, -0.05) is 6.07 Å². The minimum Gasteiger partial charge on any atom is -0.493 e. The number of nitrogens with one attached hydrogen (secondary N) is 1. The Labute approximate surface area is 172 Å². The molecule has 0 fully saturated rings. The average Bonchev–Trinajstić information content (AvgIpc) is 3.23. The average molecular weight is 413 g/mol. The van der Waals surface area contributed by atoms with Gasteiger partial charge < -0.3 is 24.3 Å². The molecule has 30 heavy (non-hydrogen) atoms. The number of anilines is 1. The number of methoxy groups -OCH3 is 2. The SMILES string of the molecule is COc1ccc(NC(=O)N2CCn3cccc3C2c2ccc(F)c(F)c2)cc1OC. The van der Waals surface area contributed by atoms with Gasteiger partial charge in [0.15, 0.2) is 23.1 Å². The Morgan fingerprint density at radius 3 is 2.53 bits per heavy atom. The number of fused-ring (bicyclic) bond motifs is 1. The van der Waals surface area contributed by atoms with Crippen molar-refractivity contribution in [3.63, 3.8) is 0 Å². The monoisotopic (exact) mass is 413 g/mol. The second-order valence-corrected chi connectivity index (χ2v) is 6.90. The molecule has 2 aromatic carbocycles. The van der Waals surface area contributed by atoms with Gasteiger partial charge in [-0.25, -0.2) is 13.6 Å². The van der Waals surface area contributed by atoms with Gasteiger partial charge in [-0.15, -0.1) is 0 Å². The molecule has 0 saturated heterocycles. The quantitative estimate of drug-likeness (QED) is 0.689. The summed E-state index contributed by atoms with van der Waals surface area (Å²) >= 11 is 0. The van der Waals surface area contributed by atoms with Crippen LogP contribution in [0.4, 0.5) is 19.3 Å². The van der Waals surface area contributed by atoms with Gasteiger partial charge in [0.05, 0.1) is 20.3 Å². The lowest BCUT2D eigenvalue weighted by Crippen LogP contribution is -2.44. The van der Waals surface area contributed by atoms with E-state index in [-0.39, 0.29) is 6.03 Å². The van der Waals surface area contributed by atoms with Crippen molar-refractivity contribution in [2.75, 3.05) is 26.1 Å². The lowest BCUT2D eigenvalue weighted by molar-refractivity contribution is 0.181. The van der Waals surface area contributed by atoms with Crippen LogP contribution in [-0.4, -0.2) is 36.3 Å². The Balaban J connectivity index is 1.66. The van der Waals surface area contributed by atoms with Crippen molar-refractivity contribution >= 4 is 11.7 Å². The van der Waals surface area contributed by atoms with Gasteiger partial charge >= 0.3 is 6.03 Å². The fourth-order valence-electron chi connectivity index (χ4n) is 3.74. The second-order valence-electron chi connectivity index (χ2n) is 6.90. The Morgan fingerprint density at radius 2 is 1.80 bits per heavy atom. The molecule has 2 amide bonds. The summed E-state index contributed by atoms with van der Waals surface area (Å²) in [5, 5.41) is 2.86. The first-order chi connectivity index (χ1) is 14.5. The Morgan fingerprint density at radius 1 is 1.00 bits per heavy atom. The molecule has 6 nitrogen and oxygen atoms in total. The summed E-state index contributed by atoms with van der Waals surface area (Å²) < 4.78 is 39.9. The topological polar surface area (TPSA) is 55.7 Å². The molecular weight excluding hydrogens is 392 g/mol. The van der Waals surface area contributed by atoms with Crippen LogP contribution in [-0.2, 0) is 6.54 Å². The molecule has 2 heterocycles. The molecule has 8 heteroatoms. The Kier molecular flexibility index (Phi) is 5.31. The molecule has 1 atom stereocenters. The minimum atomic E-state index is -0.948. The highest BCUT2D eigenvalue weighted by Crippen LogP contribution is 2.34. The highest BCUT2D eigenvalue weighted by molar-refractivity contribution is 5.90. The third kappa shape index (κ3) is 3.56. The molecule has 1 unspecified atom stereocenters. The zero-order valence-corrected chi connectivity index (χ0v) is 16.6. The summed E-state index contributed by atoms with van der Waals surface area (Å²) in [4.78, 5) is 14.8. The van der Waals surface area contributed by atoms with Gasteiger partial charge in [0.1, 0.15) is 0 Å². The van der Waals surface area contributed by atoms with Crippen molar-refractivity contribution < 1.29 is 23.0 Å². The molecule has 0 spiro atoms. The smallest absolute Gasteiger partial charge is 0.322 e. The number of amides is 2. The number of halogens is 2. The molecule has 156 valence electrons. The van der Waals surface area contributed by atoms with Crippen LogP contribution in [0, 0.1) is 11.6 Å². The number of aromatic nitrogens is 1. The maximum Gasteiger partial charge on any atom is 0.322 e. The van der Waals surface area contributed by atoms with Crippen molar-refractivity contribution in [2.24, 2.45) is 0 Å². The van der Waals surface area contributed by atoms with Gasteiger partial charge in [0.25, 0.3) is 0 Å². The third-order valence-electron chi connectivity index (χ3n) is 5.19. The van der Waals surface area contributed by atoms with Gasteiger partial charge in [-0.2, -0.15) is 0 Å². The zero-order valence-electron chi connectivity index (χ0n) is 16.6. The van der Waals surface area contributed by atoms with Crippen LogP contribution >= 0.6 is 0 Å². The van der Waals surface area contributed by atoms with Crippen LogP contribution < -0.4 is 14.8 Å². The maximum absolute atomic E-state index is 13.9. The van der Waals surface area contributed by atoms with E-state index in [0.717, 1.165) is 17.8 Å². The van der Waals surface area contributed by atoms with E-state index in [0.29, 0.717) is 35.8 Å². The Hall–Kier alpha value is -3.55. The molecule has 3 aromatic rings. The molecule has 1 aliphatic heterocycles. The largest absolute Gasteiger partial charge is 0.493 e. The molecular formula is C22H21F2N3O3. The van der Waals surface area contributed by atoms with E-state index in [1.807, 2.05) is 22.9 Å². The van der Waals surface area contributed by atoms with Gasteiger partial charge in [-0.05, 0) is 42.0 Å². The van der Waals surface area contributed by atoms with E-state index in [4.69, 9.17) is 9.47 Å². The molecule has 0 saturated carbocycles. The Bertz CT molecular complexity index is 1080. The summed E-state index contributed by atoms with van der Waals surface area (Å²) in [7, 11) is 3.05. The molecule has 1 aromatic heterocycles. The molecule has 0 radical (unpaired) electrons. The number of carbonyl (C=O) groups excluding carboxylic acids is 1. The van der Waals surface area contributed by atoms with E-state index in [1.54, 1.807) is 23.1 Å². The van der Waals surface area contributed by atoms with Crippen LogP contribution in [0.15, 0.2) is 54.7 Å². The number of rotatable bonds is 4. The summed E-state index contributed by atoms with van der Waals surface area (Å²) in [5.74, 6) is -0.839. The first-order valence-corrected chi connectivity index (χ1v) is 9.41. The zero-order chi connectivity index (χ0) is 21.3. The first-order valence-electron chi connectivity index (χ1n) is 9.41. The van der Waals surface area contributed by atoms with Crippen molar-refractivity contribution in [3.05, 3.63) is 77.6 Å². The number of benzene rings is 2. The fraction of sp³-hybridized carbons (Fsp3) is 0.227. The van der Waals surface area contributed by atoms with Crippen molar-refractivity contribution in [1.82, 2.24) is 9.47 Å². The lowest BCUT2D eigenvalue weighted by atomic mass is 10.00. The van der Waals surface area contributed by atoms with E-state index < -0.39 is 17.7 Å². The number of ether oxygens (including phenoxy) is 2. The van der Waals surface area contributed by atoms with Gasteiger partial charge in [0.2, 0.25) is 0 Å². The van der Waals surface area contributed by atoms with E-state index in [9.17, 15) is 13.6 Å². The number of hydrogen-bond acceptors (Lipinski definition) is 3. The second kappa shape index (κ2) is 8.06. The number of carbonyl (C=O) groups is 1. The first kappa shape index (κ1) is 19.8. The highest BCUT2D eigenvalue weighted by atomic mass is 19.2. The van der Waals surface area contributed by atoms with Crippen molar-refractivity contribution in [2.45, 2.75) is 12.6 Å². The summed E-state index contributed by atoms with van der Waals surface area (Å²) in [6, 6.07) is 11.6. The van der Waals surface area contributed by atoms with E-state index in [2.05, 4.69) is 5.32 Å². The van der Waals surface area contributed by atoms with E-state index in [1.165, 1.54) is 20.3 Å². The summed E-state index contributed by atoms with van der Waals surface area (Å²) in [6.07, 6.45) is 1.91. The van der Waals surface area contributed by atoms with Crippen LogP contribution in [0.2, 0.25) is 0 Å². The minimum absolute atomic E-state index is 0.357. The normalized spacial score (nSPS) is 15.5.